The minimum Gasteiger partial charge on any atom is -0.392 e. The Morgan fingerprint density at radius 3 is 3.06 bits per heavy atom. The lowest BCUT2D eigenvalue weighted by Gasteiger charge is -2.33. The van der Waals surface area contributed by atoms with Gasteiger partial charge in [-0.3, -0.25) is 4.79 Å². The molecule has 2 N–H and O–H groups in total. The van der Waals surface area contributed by atoms with E-state index in [0.717, 1.165) is 25.3 Å². The average molecular weight is 244 g/mol. The summed E-state index contributed by atoms with van der Waals surface area (Å²) in [6.07, 6.45) is 1.34. The lowest BCUT2D eigenvalue weighted by Crippen LogP contribution is -2.49. The maximum absolute atomic E-state index is 12.2. The third-order valence-electron chi connectivity index (χ3n) is 3.31. The summed E-state index contributed by atoms with van der Waals surface area (Å²) in [5.41, 5.74) is 0. The van der Waals surface area contributed by atoms with Crippen molar-refractivity contribution >= 4 is 17.7 Å². The lowest BCUT2D eigenvalue weighted by molar-refractivity contribution is -0.133. The largest absolute Gasteiger partial charge is 0.392 e. The number of nitrogens with one attached hydrogen (secondary N) is 1. The monoisotopic (exact) mass is 244 g/mol. The zero-order valence-electron chi connectivity index (χ0n) is 9.69. The normalized spacial score (nSPS) is 35.4. The first-order chi connectivity index (χ1) is 7.70. The first-order valence-electron chi connectivity index (χ1n) is 6.02. The molecule has 0 spiro atoms. The summed E-state index contributed by atoms with van der Waals surface area (Å²) in [6.45, 7) is 4.45. The average Bonchev–Trinajstić information content (AvgIpc) is 2.75. The van der Waals surface area contributed by atoms with Crippen LogP contribution in [0, 0.1) is 0 Å². The Morgan fingerprint density at radius 2 is 2.44 bits per heavy atom. The number of amides is 1. The molecule has 0 radical (unpaired) electrons. The van der Waals surface area contributed by atoms with E-state index in [1.807, 2.05) is 16.7 Å². The number of carbonyl (C=O) groups is 1. The number of aliphatic hydroxyl groups is 1. The summed E-state index contributed by atoms with van der Waals surface area (Å²) < 4.78 is 0. The van der Waals surface area contributed by atoms with Crippen molar-refractivity contribution < 1.29 is 9.90 Å². The Hall–Kier alpha value is -0.260. The fourth-order valence-corrected chi connectivity index (χ4v) is 3.47. The van der Waals surface area contributed by atoms with Crippen LogP contribution in [-0.2, 0) is 4.79 Å². The molecule has 92 valence electrons. The molecule has 0 bridgehead atoms. The predicted octanol–water partition coefficient (Wildman–Crippen LogP) is 0.0632. The number of rotatable bonds is 2. The van der Waals surface area contributed by atoms with Gasteiger partial charge in [0.15, 0.2) is 0 Å². The molecular weight excluding hydrogens is 224 g/mol. The van der Waals surface area contributed by atoms with Crippen LogP contribution < -0.4 is 5.32 Å². The van der Waals surface area contributed by atoms with Gasteiger partial charge in [0.1, 0.15) is 0 Å². The number of nitrogens with zero attached hydrogens (tertiary/aromatic N) is 1. The van der Waals surface area contributed by atoms with Crippen molar-refractivity contribution in [2.45, 2.75) is 37.2 Å². The van der Waals surface area contributed by atoms with Crippen molar-refractivity contribution in [2.75, 3.05) is 25.4 Å². The zero-order valence-corrected chi connectivity index (χ0v) is 10.5. The van der Waals surface area contributed by atoms with Crippen molar-refractivity contribution in [2.24, 2.45) is 0 Å². The van der Waals surface area contributed by atoms with E-state index in [2.05, 4.69) is 12.2 Å². The standard InChI is InChI=1S/C11H20N2O2S/c1-2-9-7-13(3-4-16-9)11(15)10-5-8(14)6-12-10/h8-10,12,14H,2-7H2,1H3. The predicted molar refractivity (Wildman–Crippen MR) is 65.5 cm³/mol. The minimum atomic E-state index is -0.352. The summed E-state index contributed by atoms with van der Waals surface area (Å²) in [4.78, 5) is 14.1. The molecule has 0 aromatic heterocycles. The first kappa shape index (κ1) is 12.2. The van der Waals surface area contributed by atoms with E-state index in [1.165, 1.54) is 0 Å². The van der Waals surface area contributed by atoms with Crippen LogP contribution in [0.4, 0.5) is 0 Å². The van der Waals surface area contributed by atoms with Crippen LogP contribution in [-0.4, -0.2) is 58.7 Å². The highest BCUT2D eigenvalue weighted by Gasteiger charge is 2.33. The van der Waals surface area contributed by atoms with Crippen molar-refractivity contribution in [3.8, 4) is 0 Å². The summed E-state index contributed by atoms with van der Waals surface area (Å²) in [7, 11) is 0. The van der Waals surface area contributed by atoms with Crippen LogP contribution >= 0.6 is 11.8 Å². The fraction of sp³-hybridized carbons (Fsp3) is 0.909. The van der Waals surface area contributed by atoms with E-state index < -0.39 is 0 Å². The van der Waals surface area contributed by atoms with Gasteiger partial charge < -0.3 is 15.3 Å². The van der Waals surface area contributed by atoms with E-state index in [-0.39, 0.29) is 18.1 Å². The van der Waals surface area contributed by atoms with Gasteiger partial charge in [0.25, 0.3) is 0 Å². The molecule has 2 aliphatic rings. The second-order valence-electron chi connectivity index (χ2n) is 4.54. The molecule has 0 saturated carbocycles. The Kier molecular flexibility index (Phi) is 4.10. The van der Waals surface area contributed by atoms with Gasteiger partial charge in [-0.25, -0.2) is 0 Å². The molecule has 0 aromatic carbocycles. The molecule has 0 aliphatic carbocycles. The van der Waals surface area contributed by atoms with Crippen molar-refractivity contribution in [1.29, 1.82) is 0 Å². The van der Waals surface area contributed by atoms with Gasteiger partial charge in [-0.2, -0.15) is 11.8 Å². The molecule has 2 rings (SSSR count). The van der Waals surface area contributed by atoms with Gasteiger partial charge >= 0.3 is 0 Å². The van der Waals surface area contributed by atoms with Gasteiger partial charge in [-0.15, -0.1) is 0 Å². The summed E-state index contributed by atoms with van der Waals surface area (Å²) in [5, 5.41) is 13.1. The Labute approximate surface area is 101 Å². The van der Waals surface area contributed by atoms with Gasteiger partial charge in [-0.05, 0) is 12.8 Å². The topological polar surface area (TPSA) is 52.6 Å². The van der Waals surface area contributed by atoms with Crippen molar-refractivity contribution in [3.63, 3.8) is 0 Å². The third kappa shape index (κ3) is 2.70. The van der Waals surface area contributed by atoms with E-state index in [1.54, 1.807) is 0 Å². The molecule has 0 aromatic rings. The molecule has 3 unspecified atom stereocenters. The zero-order chi connectivity index (χ0) is 11.5. The second kappa shape index (κ2) is 5.38. The van der Waals surface area contributed by atoms with Crippen LogP contribution in [0.2, 0.25) is 0 Å². The second-order valence-corrected chi connectivity index (χ2v) is 5.94. The SMILES string of the molecule is CCC1CN(C(=O)C2CC(O)CN2)CCS1. The number of aliphatic hydroxyl groups excluding tert-OH is 1. The quantitative estimate of drug-likeness (QED) is 0.721. The van der Waals surface area contributed by atoms with Crippen molar-refractivity contribution in [1.82, 2.24) is 10.2 Å². The minimum absolute atomic E-state index is 0.157. The van der Waals surface area contributed by atoms with Crippen LogP contribution in [0.25, 0.3) is 0 Å². The van der Waals surface area contributed by atoms with Crippen LogP contribution in [0.5, 0.6) is 0 Å². The third-order valence-corrected chi connectivity index (χ3v) is 4.68. The Bertz CT molecular complexity index is 262. The highest BCUT2D eigenvalue weighted by molar-refractivity contribution is 8.00. The molecule has 16 heavy (non-hydrogen) atoms. The lowest BCUT2D eigenvalue weighted by atomic mass is 10.1. The number of hydrogen-bond donors (Lipinski definition) is 2. The maximum Gasteiger partial charge on any atom is 0.239 e. The van der Waals surface area contributed by atoms with Gasteiger partial charge in [-0.1, -0.05) is 6.92 Å². The molecule has 5 heteroatoms. The van der Waals surface area contributed by atoms with E-state index in [4.69, 9.17) is 0 Å². The highest BCUT2D eigenvalue weighted by Crippen LogP contribution is 2.22. The molecule has 2 fully saturated rings. The summed E-state index contributed by atoms with van der Waals surface area (Å²) in [6, 6.07) is -0.157. The molecule has 2 saturated heterocycles. The first-order valence-corrected chi connectivity index (χ1v) is 7.07. The van der Waals surface area contributed by atoms with E-state index >= 15 is 0 Å². The molecule has 1 amide bonds. The van der Waals surface area contributed by atoms with Crippen molar-refractivity contribution in [3.05, 3.63) is 0 Å². The van der Waals surface area contributed by atoms with Crippen LogP contribution in [0.1, 0.15) is 19.8 Å². The number of thioether (sulfide) groups is 1. The van der Waals surface area contributed by atoms with Crippen LogP contribution in [0.3, 0.4) is 0 Å². The molecule has 2 heterocycles. The number of carbonyl (C=O) groups excluding carboxylic acids is 1. The molecule has 4 nitrogen and oxygen atoms in total. The Morgan fingerprint density at radius 1 is 1.62 bits per heavy atom. The number of hydrogen-bond acceptors (Lipinski definition) is 4. The Balaban J connectivity index is 1.89. The maximum atomic E-state index is 12.2. The van der Waals surface area contributed by atoms with Crippen LogP contribution in [0.15, 0.2) is 0 Å². The van der Waals surface area contributed by atoms with E-state index in [9.17, 15) is 9.90 Å². The van der Waals surface area contributed by atoms with Gasteiger partial charge in [0.2, 0.25) is 5.91 Å². The summed E-state index contributed by atoms with van der Waals surface area (Å²) in [5.74, 6) is 1.22. The number of β-amino-alcohol motifs (C(OH)–C–C–N with tert-alkyl or cyclic N) is 1. The summed E-state index contributed by atoms with van der Waals surface area (Å²) >= 11 is 1.96. The fourth-order valence-electron chi connectivity index (χ4n) is 2.29. The molecular formula is C11H20N2O2S. The van der Waals surface area contributed by atoms with Gasteiger partial charge in [0, 0.05) is 30.6 Å². The molecule has 3 atom stereocenters. The van der Waals surface area contributed by atoms with E-state index in [0.29, 0.717) is 18.2 Å². The smallest absolute Gasteiger partial charge is 0.239 e. The molecule has 2 aliphatic heterocycles. The van der Waals surface area contributed by atoms with Gasteiger partial charge in [0.05, 0.1) is 12.1 Å². The highest BCUT2D eigenvalue weighted by atomic mass is 32.2.